The van der Waals surface area contributed by atoms with Crippen LogP contribution in [0.4, 0.5) is 0 Å². The molecule has 0 saturated carbocycles. The highest BCUT2D eigenvalue weighted by Gasteiger charge is 2.47. The largest absolute Gasteiger partial charge is 0.303 e. The van der Waals surface area contributed by atoms with Gasteiger partial charge in [-0.25, -0.2) is 0 Å². The summed E-state index contributed by atoms with van der Waals surface area (Å²) in [7, 11) is 0. The molecule has 0 spiro atoms. The van der Waals surface area contributed by atoms with E-state index in [1.807, 2.05) is 0 Å². The van der Waals surface area contributed by atoms with Gasteiger partial charge in [0.05, 0.1) is 0 Å². The molecule has 0 aromatic rings. The van der Waals surface area contributed by atoms with Crippen molar-refractivity contribution in [3.8, 4) is 0 Å². The number of rotatable bonds is 5. The molecular formula is C17H34N2. The van der Waals surface area contributed by atoms with Crippen LogP contribution in [0.15, 0.2) is 0 Å². The second-order valence-corrected chi connectivity index (χ2v) is 7.94. The minimum Gasteiger partial charge on any atom is -0.303 e. The molecule has 2 saturated heterocycles. The summed E-state index contributed by atoms with van der Waals surface area (Å²) in [4.78, 5) is 5.49. The highest BCUT2D eigenvalue weighted by atomic mass is 15.2. The predicted molar refractivity (Wildman–Crippen MR) is 83.4 cm³/mol. The summed E-state index contributed by atoms with van der Waals surface area (Å²) < 4.78 is 0. The first-order valence-corrected chi connectivity index (χ1v) is 8.38. The van der Waals surface area contributed by atoms with Crippen LogP contribution in [0.5, 0.6) is 0 Å². The Labute approximate surface area is 120 Å². The predicted octanol–water partition coefficient (Wildman–Crippen LogP) is 3.33. The Balaban J connectivity index is 1.98. The molecule has 2 aliphatic rings. The smallest absolute Gasteiger partial charge is 0.00274 e. The third kappa shape index (κ3) is 3.52. The van der Waals surface area contributed by atoms with Crippen LogP contribution in [0.3, 0.4) is 0 Å². The van der Waals surface area contributed by atoms with Crippen LogP contribution in [0.25, 0.3) is 0 Å². The molecule has 2 rings (SSSR count). The lowest BCUT2D eigenvalue weighted by molar-refractivity contribution is -0.0739. The topological polar surface area (TPSA) is 6.48 Å². The zero-order valence-corrected chi connectivity index (χ0v) is 13.8. The van der Waals surface area contributed by atoms with Crippen LogP contribution >= 0.6 is 0 Å². The van der Waals surface area contributed by atoms with E-state index < -0.39 is 0 Å². The molecule has 0 radical (unpaired) electrons. The van der Waals surface area contributed by atoms with E-state index in [-0.39, 0.29) is 0 Å². The molecule has 112 valence electrons. The van der Waals surface area contributed by atoms with Gasteiger partial charge in [-0.15, -0.1) is 0 Å². The first-order chi connectivity index (χ1) is 8.93. The van der Waals surface area contributed by atoms with E-state index in [1.165, 1.54) is 52.1 Å². The number of hydrogen-bond acceptors (Lipinski definition) is 2. The molecule has 2 heterocycles. The average Bonchev–Trinajstić information content (AvgIpc) is 2.27. The maximum atomic E-state index is 2.75. The van der Waals surface area contributed by atoms with E-state index >= 15 is 0 Å². The quantitative estimate of drug-likeness (QED) is 0.753. The van der Waals surface area contributed by atoms with Crippen molar-refractivity contribution >= 4 is 0 Å². The van der Waals surface area contributed by atoms with Gasteiger partial charge in [0.25, 0.3) is 0 Å². The third-order valence-electron chi connectivity index (χ3n) is 5.47. The van der Waals surface area contributed by atoms with Gasteiger partial charge in [-0.3, -0.25) is 0 Å². The van der Waals surface area contributed by atoms with Gasteiger partial charge in [0.2, 0.25) is 0 Å². The van der Waals surface area contributed by atoms with Crippen molar-refractivity contribution in [3.63, 3.8) is 0 Å². The van der Waals surface area contributed by atoms with Gasteiger partial charge in [-0.05, 0) is 36.1 Å². The average molecular weight is 266 g/mol. The summed E-state index contributed by atoms with van der Waals surface area (Å²) in [5.74, 6) is 2.55. The summed E-state index contributed by atoms with van der Waals surface area (Å²) in [6.45, 7) is 20.0. The van der Waals surface area contributed by atoms with E-state index in [0.29, 0.717) is 5.41 Å². The molecule has 2 bridgehead atoms. The van der Waals surface area contributed by atoms with Gasteiger partial charge in [-0.1, -0.05) is 41.0 Å². The van der Waals surface area contributed by atoms with Crippen LogP contribution in [0.2, 0.25) is 0 Å². The van der Waals surface area contributed by atoms with E-state index in [4.69, 9.17) is 0 Å². The van der Waals surface area contributed by atoms with E-state index in [1.54, 1.807) is 0 Å². The van der Waals surface area contributed by atoms with E-state index in [2.05, 4.69) is 44.4 Å². The SMILES string of the molecule is CCCCN1C[C@@H]2CN(CC(C)C)C[C@H](C1)C2(C)C. The van der Waals surface area contributed by atoms with E-state index in [0.717, 1.165) is 17.8 Å². The maximum Gasteiger partial charge on any atom is 0.00274 e. The number of fused-ring (bicyclic) bond motifs is 2. The monoisotopic (exact) mass is 266 g/mol. The van der Waals surface area contributed by atoms with Gasteiger partial charge in [0.15, 0.2) is 0 Å². The van der Waals surface area contributed by atoms with Crippen molar-refractivity contribution in [1.82, 2.24) is 9.80 Å². The Morgan fingerprint density at radius 1 is 1.00 bits per heavy atom. The number of nitrogens with zero attached hydrogens (tertiary/aromatic N) is 2. The maximum absolute atomic E-state index is 2.75. The molecule has 0 amide bonds. The van der Waals surface area contributed by atoms with Gasteiger partial charge < -0.3 is 9.80 Å². The van der Waals surface area contributed by atoms with Crippen molar-refractivity contribution in [2.75, 3.05) is 39.3 Å². The van der Waals surface area contributed by atoms with Crippen molar-refractivity contribution in [3.05, 3.63) is 0 Å². The molecule has 0 aromatic heterocycles. The number of unbranched alkanes of at least 4 members (excludes halogenated alkanes) is 1. The van der Waals surface area contributed by atoms with Crippen molar-refractivity contribution in [2.45, 2.75) is 47.5 Å². The second-order valence-electron chi connectivity index (χ2n) is 7.94. The Morgan fingerprint density at radius 2 is 1.53 bits per heavy atom. The minimum absolute atomic E-state index is 0.552. The fourth-order valence-corrected chi connectivity index (χ4v) is 4.02. The van der Waals surface area contributed by atoms with E-state index in [9.17, 15) is 0 Å². The van der Waals surface area contributed by atoms with Crippen molar-refractivity contribution in [1.29, 1.82) is 0 Å². The Bertz CT molecular complexity index is 267. The number of likely N-dealkylation sites (tertiary alicyclic amines) is 2. The molecule has 2 nitrogen and oxygen atoms in total. The van der Waals surface area contributed by atoms with Gasteiger partial charge >= 0.3 is 0 Å². The van der Waals surface area contributed by atoms with Crippen molar-refractivity contribution < 1.29 is 0 Å². The number of hydrogen-bond donors (Lipinski definition) is 0. The van der Waals surface area contributed by atoms with Gasteiger partial charge in [0, 0.05) is 32.7 Å². The van der Waals surface area contributed by atoms with Crippen LogP contribution < -0.4 is 0 Å². The minimum atomic E-state index is 0.552. The molecule has 2 atom stereocenters. The molecule has 0 unspecified atom stereocenters. The molecule has 2 aliphatic heterocycles. The zero-order chi connectivity index (χ0) is 14.0. The number of piperidine rings is 2. The van der Waals surface area contributed by atoms with Crippen LogP contribution in [-0.2, 0) is 0 Å². The van der Waals surface area contributed by atoms with Crippen LogP contribution in [-0.4, -0.2) is 49.1 Å². The fraction of sp³-hybridized carbons (Fsp3) is 1.00. The highest BCUT2D eigenvalue weighted by Crippen LogP contribution is 2.44. The lowest BCUT2D eigenvalue weighted by Gasteiger charge is -2.56. The van der Waals surface area contributed by atoms with Gasteiger partial charge in [-0.2, -0.15) is 0 Å². The lowest BCUT2D eigenvalue weighted by atomic mass is 9.63. The Kier molecular flexibility index (Phi) is 4.94. The summed E-state index contributed by atoms with van der Waals surface area (Å²) in [6, 6.07) is 0. The molecule has 2 heteroatoms. The fourth-order valence-electron chi connectivity index (χ4n) is 4.02. The van der Waals surface area contributed by atoms with Crippen molar-refractivity contribution in [2.24, 2.45) is 23.2 Å². The second kappa shape index (κ2) is 6.13. The zero-order valence-electron chi connectivity index (χ0n) is 13.8. The summed E-state index contributed by atoms with van der Waals surface area (Å²) >= 11 is 0. The van der Waals surface area contributed by atoms with Gasteiger partial charge in [0.1, 0.15) is 0 Å². The highest BCUT2D eigenvalue weighted by molar-refractivity contribution is 4.99. The Morgan fingerprint density at radius 3 is 2.00 bits per heavy atom. The lowest BCUT2D eigenvalue weighted by Crippen LogP contribution is -2.61. The molecule has 0 aromatic carbocycles. The first-order valence-electron chi connectivity index (χ1n) is 8.38. The normalized spacial score (nSPS) is 31.9. The molecule has 0 aliphatic carbocycles. The molecular weight excluding hydrogens is 232 g/mol. The summed E-state index contributed by atoms with van der Waals surface area (Å²) in [6.07, 6.45) is 2.70. The summed E-state index contributed by atoms with van der Waals surface area (Å²) in [5, 5.41) is 0. The third-order valence-corrected chi connectivity index (χ3v) is 5.47. The van der Waals surface area contributed by atoms with Crippen LogP contribution in [0.1, 0.15) is 47.5 Å². The standard InChI is InChI=1S/C17H34N2/c1-6-7-8-18-10-15-12-19(9-14(2)3)13-16(11-18)17(15,4)5/h14-16H,6-13H2,1-5H3/t15-,16+. The van der Waals surface area contributed by atoms with Crippen LogP contribution in [0, 0.1) is 23.2 Å². The Hall–Kier alpha value is -0.0800. The molecule has 0 N–H and O–H groups in total. The molecule has 2 fully saturated rings. The first kappa shape index (κ1) is 15.3. The summed E-state index contributed by atoms with van der Waals surface area (Å²) in [5.41, 5.74) is 0.552. The molecule has 19 heavy (non-hydrogen) atoms.